The lowest BCUT2D eigenvalue weighted by Crippen LogP contribution is -2.46. The van der Waals surface area contributed by atoms with Crippen molar-refractivity contribution in [3.8, 4) is 0 Å². The van der Waals surface area contributed by atoms with Gasteiger partial charge in [0.2, 0.25) is 0 Å². The van der Waals surface area contributed by atoms with Crippen molar-refractivity contribution in [1.82, 2.24) is 0 Å². The zero-order chi connectivity index (χ0) is 42.0. The maximum absolute atomic E-state index is 11.7. The van der Waals surface area contributed by atoms with E-state index in [9.17, 15) is 5.11 Å². The zero-order valence-corrected chi connectivity index (χ0v) is 41.6. The molecule has 55 heavy (non-hydrogen) atoms. The zero-order valence-electron chi connectivity index (χ0n) is 38.6. The van der Waals surface area contributed by atoms with E-state index in [2.05, 4.69) is 158 Å². The van der Waals surface area contributed by atoms with Gasteiger partial charge in [0.25, 0.3) is 0 Å². The van der Waals surface area contributed by atoms with Gasteiger partial charge in [-0.15, -0.1) is 0 Å². The molecule has 0 aromatic carbocycles. The van der Waals surface area contributed by atoms with Crippen molar-refractivity contribution in [3.05, 3.63) is 60.3 Å². The van der Waals surface area contributed by atoms with E-state index < -0.39 is 37.2 Å². The summed E-state index contributed by atoms with van der Waals surface area (Å²) >= 11 is 0. The van der Waals surface area contributed by atoms with E-state index in [4.69, 9.17) is 22.8 Å². The van der Waals surface area contributed by atoms with Gasteiger partial charge in [-0.25, -0.2) is 0 Å². The molecule has 0 spiro atoms. The highest BCUT2D eigenvalue weighted by Gasteiger charge is 2.41. The van der Waals surface area contributed by atoms with Crippen molar-refractivity contribution in [2.45, 2.75) is 212 Å². The molecule has 7 unspecified atom stereocenters. The summed E-state index contributed by atoms with van der Waals surface area (Å²) in [5.74, 6) is 0.444. The lowest BCUT2D eigenvalue weighted by Gasteiger charge is -2.40. The Kier molecular flexibility index (Phi) is 19.1. The van der Waals surface area contributed by atoms with Gasteiger partial charge in [-0.3, -0.25) is 0 Å². The molecule has 7 atom stereocenters. The summed E-state index contributed by atoms with van der Waals surface area (Å²) in [6.45, 7) is 44.6. The van der Waals surface area contributed by atoms with Gasteiger partial charge in [-0.2, -0.15) is 0 Å². The van der Waals surface area contributed by atoms with Gasteiger partial charge >= 0.3 is 0 Å². The minimum Gasteiger partial charge on any atom is -0.417 e. The first-order chi connectivity index (χ1) is 25.0. The maximum Gasteiger partial charge on any atom is 0.193 e. The van der Waals surface area contributed by atoms with Gasteiger partial charge in [0.05, 0.1) is 43.2 Å². The summed E-state index contributed by atoms with van der Waals surface area (Å²) in [6.07, 6.45) is 20.1. The van der Waals surface area contributed by atoms with E-state index in [0.717, 1.165) is 45.1 Å². The fourth-order valence-corrected chi connectivity index (χ4v) is 9.79. The Morgan fingerprint density at radius 1 is 0.909 bits per heavy atom. The lowest BCUT2D eigenvalue weighted by molar-refractivity contribution is -0.0148. The standard InChI is InChI=1S/C46H86O6Si3/c1-35-27-29-48-39(32-35)25-26-43(52-55(17,18)46(10,11)12)42(47)24-20-23-41(51-54(15,16)45(7,8)9)34-37(3)31-36(2)33-40-22-19-21-38(50-40)28-30-49-53(13,14)44(4,5)6/h19-21,23,25-27,36,38-43,47H,3,22,24,28-34H2,1-2,4-18H3/b23-20+,26-25+. The van der Waals surface area contributed by atoms with Crippen LogP contribution in [-0.2, 0) is 22.8 Å². The van der Waals surface area contributed by atoms with Crippen molar-refractivity contribution < 1.29 is 27.9 Å². The van der Waals surface area contributed by atoms with E-state index in [1.165, 1.54) is 11.1 Å². The topological polar surface area (TPSA) is 66.4 Å². The quantitative estimate of drug-likeness (QED) is 0.0975. The van der Waals surface area contributed by atoms with Crippen molar-refractivity contribution in [3.63, 3.8) is 0 Å². The monoisotopic (exact) mass is 819 g/mol. The molecule has 0 aliphatic carbocycles. The summed E-state index contributed by atoms with van der Waals surface area (Å²) in [5.41, 5.74) is 2.53. The molecule has 318 valence electrons. The van der Waals surface area contributed by atoms with Gasteiger partial charge in [0.1, 0.15) is 0 Å². The summed E-state index contributed by atoms with van der Waals surface area (Å²) in [4.78, 5) is 0. The number of aliphatic hydroxyl groups is 1. The van der Waals surface area contributed by atoms with Gasteiger partial charge in [0, 0.05) is 6.61 Å². The van der Waals surface area contributed by atoms with Crippen LogP contribution in [0.4, 0.5) is 0 Å². The Balaban J connectivity index is 2.10. The second kappa shape index (κ2) is 20.9. The summed E-state index contributed by atoms with van der Waals surface area (Å²) in [5, 5.41) is 12.0. The Hall–Kier alpha value is -0.889. The fourth-order valence-electron chi connectivity index (χ4n) is 6.19. The molecular weight excluding hydrogens is 733 g/mol. The van der Waals surface area contributed by atoms with Crippen molar-refractivity contribution in [2.24, 2.45) is 5.92 Å². The van der Waals surface area contributed by atoms with Crippen LogP contribution in [0.5, 0.6) is 0 Å². The van der Waals surface area contributed by atoms with E-state index >= 15 is 0 Å². The molecule has 0 aromatic rings. The van der Waals surface area contributed by atoms with Crippen LogP contribution in [0.15, 0.2) is 60.3 Å². The van der Waals surface area contributed by atoms with E-state index in [1.807, 2.05) is 6.08 Å². The third-order valence-electron chi connectivity index (χ3n) is 13.0. The van der Waals surface area contributed by atoms with Crippen molar-refractivity contribution >= 4 is 25.0 Å². The first kappa shape index (κ1) is 50.3. The second-order valence-electron chi connectivity index (χ2n) is 21.4. The summed E-state index contributed by atoms with van der Waals surface area (Å²) in [6, 6.07) is 0. The summed E-state index contributed by atoms with van der Waals surface area (Å²) < 4.78 is 32.8. The number of hydrogen-bond acceptors (Lipinski definition) is 6. The molecule has 2 rings (SSSR count). The number of hydrogen-bond donors (Lipinski definition) is 1. The van der Waals surface area contributed by atoms with E-state index in [1.54, 1.807) is 0 Å². The van der Waals surface area contributed by atoms with Crippen LogP contribution in [-0.4, -0.2) is 79.9 Å². The summed E-state index contributed by atoms with van der Waals surface area (Å²) in [7, 11) is -6.00. The predicted octanol–water partition coefficient (Wildman–Crippen LogP) is 12.9. The smallest absolute Gasteiger partial charge is 0.193 e. The molecule has 2 aliphatic heterocycles. The Labute approximate surface area is 343 Å². The Morgan fingerprint density at radius 2 is 1.51 bits per heavy atom. The first-order valence-electron chi connectivity index (χ1n) is 21.3. The Morgan fingerprint density at radius 3 is 2.09 bits per heavy atom. The average Bonchev–Trinajstić information content (AvgIpc) is 3.01. The highest BCUT2D eigenvalue weighted by Crippen LogP contribution is 2.40. The second-order valence-corrected chi connectivity index (χ2v) is 35.7. The molecule has 1 N–H and O–H groups in total. The molecule has 0 aromatic heterocycles. The molecule has 0 radical (unpaired) electrons. The molecule has 0 saturated heterocycles. The minimum absolute atomic E-state index is 0.00332. The molecule has 2 heterocycles. The van der Waals surface area contributed by atoms with Crippen LogP contribution in [0.25, 0.3) is 0 Å². The van der Waals surface area contributed by atoms with Crippen LogP contribution in [0, 0.1) is 5.92 Å². The van der Waals surface area contributed by atoms with E-state index in [0.29, 0.717) is 18.9 Å². The third-order valence-corrected chi connectivity index (χ3v) is 26.5. The van der Waals surface area contributed by atoms with Crippen LogP contribution in [0.3, 0.4) is 0 Å². The van der Waals surface area contributed by atoms with Gasteiger partial charge in [-0.05, 0) is 112 Å². The van der Waals surface area contributed by atoms with Gasteiger partial charge in [-0.1, -0.05) is 129 Å². The normalized spacial score (nSPS) is 23.2. The lowest BCUT2D eigenvalue weighted by atomic mass is 9.91. The molecule has 0 amide bonds. The molecule has 9 heteroatoms. The SMILES string of the molecule is C=C(CC(C)CC1CC=CC(CCO[Si](C)(C)C(C)(C)C)O1)CC(/C=C/CC(O)C(/C=C/C1CC(C)=CCO1)O[Si](C)(C)C(C)(C)C)O[Si](C)(C)C(C)(C)C. The number of ether oxygens (including phenoxy) is 2. The predicted molar refractivity (Wildman–Crippen MR) is 243 cm³/mol. The fraction of sp³-hybridized carbons (Fsp3) is 0.783. The molecule has 2 aliphatic rings. The molecule has 0 fully saturated rings. The average molecular weight is 819 g/mol. The van der Waals surface area contributed by atoms with Crippen LogP contribution < -0.4 is 0 Å². The molecule has 0 bridgehead atoms. The minimum atomic E-state index is -2.16. The van der Waals surface area contributed by atoms with Gasteiger partial charge in [0.15, 0.2) is 25.0 Å². The largest absolute Gasteiger partial charge is 0.417 e. The Bertz CT molecular complexity index is 1310. The van der Waals surface area contributed by atoms with Crippen molar-refractivity contribution in [1.29, 1.82) is 0 Å². The van der Waals surface area contributed by atoms with Crippen LogP contribution in [0.1, 0.15) is 121 Å². The maximum atomic E-state index is 11.7. The van der Waals surface area contributed by atoms with Gasteiger partial charge < -0.3 is 27.9 Å². The van der Waals surface area contributed by atoms with E-state index in [-0.39, 0.29) is 39.5 Å². The van der Waals surface area contributed by atoms with Crippen molar-refractivity contribution in [2.75, 3.05) is 13.2 Å². The highest BCUT2D eigenvalue weighted by atomic mass is 28.4. The van der Waals surface area contributed by atoms with Crippen LogP contribution in [0.2, 0.25) is 54.4 Å². The molecular formula is C46H86O6Si3. The third kappa shape index (κ3) is 17.1. The first-order valence-corrected chi connectivity index (χ1v) is 30.0. The molecule has 0 saturated carbocycles. The van der Waals surface area contributed by atoms with Crippen LogP contribution >= 0.6 is 0 Å². The molecule has 6 nitrogen and oxygen atoms in total. The number of aliphatic hydroxyl groups excluding tert-OH is 1. The highest BCUT2D eigenvalue weighted by molar-refractivity contribution is 6.75. The number of rotatable bonds is 20.